The van der Waals surface area contributed by atoms with E-state index in [2.05, 4.69) is 0 Å². The average molecular weight is 425 g/mol. The van der Waals surface area contributed by atoms with Gasteiger partial charge in [-0.3, -0.25) is 14.5 Å². The predicted molar refractivity (Wildman–Crippen MR) is 119 cm³/mol. The minimum absolute atomic E-state index is 0.0642. The maximum Gasteiger partial charge on any atom is 0.323 e. The van der Waals surface area contributed by atoms with Gasteiger partial charge in [0.25, 0.3) is 5.91 Å². The highest BCUT2D eigenvalue weighted by Crippen LogP contribution is 2.42. The summed E-state index contributed by atoms with van der Waals surface area (Å²) >= 11 is 0. The number of fused-ring (bicyclic) bond motifs is 1. The molecule has 32 heavy (non-hydrogen) atoms. The van der Waals surface area contributed by atoms with Crippen LogP contribution in [0.15, 0.2) is 84.9 Å². The summed E-state index contributed by atoms with van der Waals surface area (Å²) < 4.78 is 1.58. The third kappa shape index (κ3) is 3.20. The van der Waals surface area contributed by atoms with Crippen LogP contribution in [0.25, 0.3) is 22.5 Å². The molecule has 5 rings (SSSR count). The molecule has 3 aromatic carbocycles. The molecule has 1 amide bonds. The normalized spacial score (nSPS) is 15.1. The molecule has 1 aromatic heterocycles. The Labute approximate surface area is 183 Å². The lowest BCUT2D eigenvalue weighted by atomic mass is 10.1. The number of carboxylic acid groups (broad SMARTS) is 1. The van der Waals surface area contributed by atoms with E-state index in [1.807, 2.05) is 42.5 Å². The number of benzene rings is 3. The zero-order valence-electron chi connectivity index (χ0n) is 16.9. The first-order chi connectivity index (χ1) is 15.5. The second-order valence-electron chi connectivity index (χ2n) is 7.52. The van der Waals surface area contributed by atoms with Crippen LogP contribution in [0.5, 0.6) is 5.75 Å². The van der Waals surface area contributed by atoms with Gasteiger partial charge in [0, 0.05) is 16.7 Å². The SMILES string of the molecule is O=C(O)CN1C(=O)C(n2nc(-c3ccccc3)cc2-c2ccccc2O)c2ccccc21. The van der Waals surface area contributed by atoms with E-state index >= 15 is 0 Å². The molecule has 1 unspecified atom stereocenters. The lowest BCUT2D eigenvalue weighted by Gasteiger charge is -2.17. The topological polar surface area (TPSA) is 95.7 Å². The van der Waals surface area contributed by atoms with Gasteiger partial charge in [0.15, 0.2) is 6.04 Å². The third-order valence-corrected chi connectivity index (χ3v) is 5.55. The molecule has 0 bridgehead atoms. The zero-order valence-corrected chi connectivity index (χ0v) is 16.9. The van der Waals surface area contributed by atoms with Gasteiger partial charge in [0.1, 0.15) is 12.3 Å². The number of nitrogens with zero attached hydrogens (tertiary/aromatic N) is 3. The van der Waals surface area contributed by atoms with Crippen molar-refractivity contribution in [3.63, 3.8) is 0 Å². The Balaban J connectivity index is 1.72. The number of carbonyl (C=O) groups excluding carboxylic acids is 1. The zero-order chi connectivity index (χ0) is 22.2. The van der Waals surface area contributed by atoms with Gasteiger partial charge in [-0.15, -0.1) is 0 Å². The van der Waals surface area contributed by atoms with Crippen molar-refractivity contribution >= 4 is 17.6 Å². The molecule has 158 valence electrons. The number of hydrogen-bond donors (Lipinski definition) is 2. The third-order valence-electron chi connectivity index (χ3n) is 5.55. The van der Waals surface area contributed by atoms with Crippen molar-refractivity contribution in [2.75, 3.05) is 11.4 Å². The Bertz CT molecular complexity index is 1330. The molecule has 1 aliphatic heterocycles. The van der Waals surface area contributed by atoms with Crippen LogP contribution in [-0.4, -0.2) is 38.4 Å². The minimum Gasteiger partial charge on any atom is -0.507 e. The van der Waals surface area contributed by atoms with Crippen LogP contribution in [0.2, 0.25) is 0 Å². The van der Waals surface area contributed by atoms with E-state index in [9.17, 15) is 19.8 Å². The number of amides is 1. The van der Waals surface area contributed by atoms with Crippen LogP contribution in [0.4, 0.5) is 5.69 Å². The molecule has 0 spiro atoms. The smallest absolute Gasteiger partial charge is 0.323 e. The predicted octanol–water partition coefficient (Wildman–Crippen LogP) is 3.94. The van der Waals surface area contributed by atoms with Crippen molar-refractivity contribution in [2.45, 2.75) is 6.04 Å². The number of aromatic nitrogens is 2. The Kier molecular flexibility index (Phi) is 4.71. The number of phenols is 1. The summed E-state index contributed by atoms with van der Waals surface area (Å²) in [6.07, 6.45) is 0. The quantitative estimate of drug-likeness (QED) is 0.505. The summed E-state index contributed by atoms with van der Waals surface area (Å²) in [7, 11) is 0. The number of carbonyl (C=O) groups is 2. The van der Waals surface area contributed by atoms with Gasteiger partial charge in [-0.2, -0.15) is 5.10 Å². The molecule has 7 nitrogen and oxygen atoms in total. The van der Waals surface area contributed by atoms with Gasteiger partial charge >= 0.3 is 5.97 Å². The van der Waals surface area contributed by atoms with E-state index in [1.165, 1.54) is 4.90 Å². The van der Waals surface area contributed by atoms with E-state index in [-0.39, 0.29) is 11.7 Å². The maximum atomic E-state index is 13.5. The van der Waals surface area contributed by atoms with Gasteiger partial charge in [-0.05, 0) is 24.3 Å². The minimum atomic E-state index is -1.10. The highest BCUT2D eigenvalue weighted by molar-refractivity contribution is 6.07. The fourth-order valence-electron chi connectivity index (χ4n) is 4.13. The Morgan fingerprint density at radius 3 is 2.38 bits per heavy atom. The summed E-state index contributed by atoms with van der Waals surface area (Å²) in [6.45, 7) is -0.439. The number of para-hydroxylation sites is 2. The molecule has 0 saturated heterocycles. The molecular weight excluding hydrogens is 406 g/mol. The van der Waals surface area contributed by atoms with Crippen molar-refractivity contribution < 1.29 is 19.8 Å². The number of anilines is 1. The van der Waals surface area contributed by atoms with Crippen LogP contribution < -0.4 is 4.90 Å². The summed E-state index contributed by atoms with van der Waals surface area (Å²) in [5.41, 5.74) is 3.81. The van der Waals surface area contributed by atoms with E-state index < -0.39 is 18.6 Å². The van der Waals surface area contributed by atoms with Gasteiger partial charge in [-0.25, -0.2) is 4.68 Å². The molecule has 2 N–H and O–H groups in total. The van der Waals surface area contributed by atoms with E-state index in [1.54, 1.807) is 47.1 Å². The lowest BCUT2D eigenvalue weighted by Crippen LogP contribution is -2.35. The van der Waals surface area contributed by atoms with Crippen molar-refractivity contribution in [3.05, 3.63) is 90.5 Å². The van der Waals surface area contributed by atoms with Crippen molar-refractivity contribution in [2.24, 2.45) is 0 Å². The number of carboxylic acids is 1. The maximum absolute atomic E-state index is 13.5. The molecule has 4 aromatic rings. The van der Waals surface area contributed by atoms with Crippen LogP contribution in [0, 0.1) is 0 Å². The van der Waals surface area contributed by atoms with E-state index in [4.69, 9.17) is 5.10 Å². The number of aliphatic carboxylic acids is 1. The molecule has 0 radical (unpaired) electrons. The number of phenolic OH excluding ortho intramolecular Hbond substituents is 1. The fourth-order valence-corrected chi connectivity index (χ4v) is 4.13. The molecule has 1 aliphatic rings. The second kappa shape index (κ2) is 7.70. The van der Waals surface area contributed by atoms with Crippen LogP contribution >= 0.6 is 0 Å². The molecular formula is C25H19N3O4. The number of hydrogen-bond acceptors (Lipinski definition) is 4. The van der Waals surface area contributed by atoms with Crippen molar-refractivity contribution in [1.29, 1.82) is 0 Å². The van der Waals surface area contributed by atoms with Gasteiger partial charge < -0.3 is 10.2 Å². The molecule has 7 heteroatoms. The highest BCUT2D eigenvalue weighted by atomic mass is 16.4. The van der Waals surface area contributed by atoms with Crippen LogP contribution in [0.3, 0.4) is 0 Å². The first-order valence-electron chi connectivity index (χ1n) is 10.1. The second-order valence-corrected chi connectivity index (χ2v) is 7.52. The summed E-state index contributed by atoms with van der Waals surface area (Å²) in [5, 5.41) is 24.6. The lowest BCUT2D eigenvalue weighted by molar-refractivity contribution is -0.136. The average Bonchev–Trinajstić information content (AvgIpc) is 3.34. The largest absolute Gasteiger partial charge is 0.507 e. The molecule has 0 aliphatic carbocycles. The number of aromatic hydroxyl groups is 1. The molecule has 0 saturated carbocycles. The summed E-state index contributed by atoms with van der Waals surface area (Å²) in [4.78, 5) is 26.1. The highest BCUT2D eigenvalue weighted by Gasteiger charge is 2.41. The van der Waals surface area contributed by atoms with E-state index in [0.717, 1.165) is 5.56 Å². The monoisotopic (exact) mass is 425 g/mol. The fraction of sp³-hybridized carbons (Fsp3) is 0.0800. The van der Waals surface area contributed by atoms with Crippen molar-refractivity contribution in [3.8, 4) is 28.3 Å². The standard InChI is InChI=1S/C25H19N3O4/c29-22-13-7-5-10-17(22)21-14-19(16-8-2-1-3-9-16)26-28(21)24-18-11-4-6-12-20(18)27(25(24)32)15-23(30)31/h1-14,24,29H,15H2,(H,30,31). The van der Waals surface area contributed by atoms with Gasteiger partial charge in [0.2, 0.25) is 0 Å². The molecule has 1 atom stereocenters. The first-order valence-corrected chi connectivity index (χ1v) is 10.1. The summed E-state index contributed by atoms with van der Waals surface area (Å²) in [5.74, 6) is -1.41. The molecule has 2 heterocycles. The molecule has 0 fully saturated rings. The Hall–Kier alpha value is -4.39. The van der Waals surface area contributed by atoms with Gasteiger partial charge in [0.05, 0.1) is 17.1 Å². The first kappa shape index (κ1) is 19.6. The Morgan fingerprint density at radius 2 is 1.62 bits per heavy atom. The number of rotatable bonds is 5. The summed E-state index contributed by atoms with van der Waals surface area (Å²) in [6, 6.07) is 24.5. The van der Waals surface area contributed by atoms with Crippen LogP contribution in [-0.2, 0) is 9.59 Å². The van der Waals surface area contributed by atoms with Crippen LogP contribution in [0.1, 0.15) is 11.6 Å². The Morgan fingerprint density at radius 1 is 0.938 bits per heavy atom. The van der Waals surface area contributed by atoms with Crippen molar-refractivity contribution in [1.82, 2.24) is 9.78 Å². The van der Waals surface area contributed by atoms with Gasteiger partial charge in [-0.1, -0.05) is 60.7 Å². The van der Waals surface area contributed by atoms with E-state index in [0.29, 0.717) is 28.2 Å².